The van der Waals surface area contributed by atoms with Gasteiger partial charge in [0.2, 0.25) is 0 Å². The lowest BCUT2D eigenvalue weighted by Crippen LogP contribution is -2.54. The molecule has 2 heterocycles. The summed E-state index contributed by atoms with van der Waals surface area (Å²) >= 11 is 0. The number of esters is 1. The van der Waals surface area contributed by atoms with Crippen molar-refractivity contribution >= 4 is 5.97 Å². The van der Waals surface area contributed by atoms with E-state index < -0.39 is 0 Å². The van der Waals surface area contributed by atoms with Crippen LogP contribution in [0.15, 0.2) is 0 Å². The molecule has 0 aromatic carbocycles. The smallest absolute Gasteiger partial charge is 0.323 e. The van der Waals surface area contributed by atoms with Crippen molar-refractivity contribution in [3.8, 4) is 0 Å². The van der Waals surface area contributed by atoms with Crippen LogP contribution in [0.4, 0.5) is 0 Å². The van der Waals surface area contributed by atoms with Crippen LogP contribution in [0.1, 0.15) is 19.8 Å². The van der Waals surface area contributed by atoms with Gasteiger partial charge in [-0.3, -0.25) is 9.69 Å². The van der Waals surface area contributed by atoms with E-state index >= 15 is 0 Å². The van der Waals surface area contributed by atoms with Gasteiger partial charge in [-0.15, -0.1) is 0 Å². The maximum absolute atomic E-state index is 11.4. The summed E-state index contributed by atoms with van der Waals surface area (Å²) in [6, 6.07) is 0.0423. The van der Waals surface area contributed by atoms with Crippen LogP contribution in [0.2, 0.25) is 0 Å². The maximum atomic E-state index is 11.4. The summed E-state index contributed by atoms with van der Waals surface area (Å²) in [7, 11) is 1.48. The lowest BCUT2D eigenvalue weighted by molar-refractivity contribution is -0.152. The minimum absolute atomic E-state index is 0.0423. The van der Waals surface area contributed by atoms with Crippen LogP contribution in [0, 0.1) is 5.92 Å². The fraction of sp³-hybridized carbons (Fsp3) is 0.917. The number of hydrogen-bond donors (Lipinski definition) is 0. The number of methoxy groups -OCH3 is 1. The zero-order valence-electron chi connectivity index (χ0n) is 10.3. The zero-order valence-corrected chi connectivity index (χ0v) is 10.3. The lowest BCUT2D eigenvalue weighted by Gasteiger charge is -2.40. The first-order valence-electron chi connectivity index (χ1n) is 6.28. The van der Waals surface area contributed by atoms with Gasteiger partial charge in [-0.1, -0.05) is 6.92 Å². The van der Waals surface area contributed by atoms with Crippen molar-refractivity contribution in [3.63, 3.8) is 0 Å². The third kappa shape index (κ3) is 2.38. The number of ether oxygens (including phenoxy) is 1. The monoisotopic (exact) mass is 226 g/mol. The molecule has 0 bridgehead atoms. The Hall–Kier alpha value is -0.610. The third-order valence-corrected chi connectivity index (χ3v) is 3.91. The fourth-order valence-corrected chi connectivity index (χ4v) is 2.74. The minimum atomic E-state index is -0.0587. The van der Waals surface area contributed by atoms with Crippen LogP contribution in [0.5, 0.6) is 0 Å². The zero-order chi connectivity index (χ0) is 11.5. The summed E-state index contributed by atoms with van der Waals surface area (Å²) in [6.45, 7) is 7.90. The highest BCUT2D eigenvalue weighted by atomic mass is 16.5. The molecule has 2 rings (SSSR count). The van der Waals surface area contributed by atoms with Gasteiger partial charge in [0.05, 0.1) is 7.11 Å². The van der Waals surface area contributed by atoms with Crippen molar-refractivity contribution in [2.45, 2.75) is 25.8 Å². The Morgan fingerprint density at radius 3 is 2.69 bits per heavy atom. The van der Waals surface area contributed by atoms with Crippen LogP contribution < -0.4 is 0 Å². The summed E-state index contributed by atoms with van der Waals surface area (Å²) in [6.07, 6.45) is 2.25. The Kier molecular flexibility index (Phi) is 3.82. The predicted octanol–water partition coefficient (Wildman–Crippen LogP) is 0.575. The van der Waals surface area contributed by atoms with Crippen molar-refractivity contribution in [2.75, 3.05) is 39.8 Å². The van der Waals surface area contributed by atoms with Crippen molar-refractivity contribution in [3.05, 3.63) is 0 Å². The van der Waals surface area contributed by atoms with Crippen molar-refractivity contribution < 1.29 is 9.53 Å². The Morgan fingerprint density at radius 2 is 2.19 bits per heavy atom. The highest BCUT2D eigenvalue weighted by Crippen LogP contribution is 2.24. The largest absolute Gasteiger partial charge is 0.468 e. The second kappa shape index (κ2) is 5.15. The summed E-state index contributed by atoms with van der Waals surface area (Å²) < 4.78 is 4.80. The Bertz CT molecular complexity index is 257. The standard InChI is InChI=1S/C12H22N2O2/c1-3-13-6-4-10(8-13)9-14-7-5-11(14)12(15)16-2/h10-11H,3-9H2,1-2H3. The number of rotatable bonds is 4. The molecule has 0 N–H and O–H groups in total. The molecule has 0 amide bonds. The predicted molar refractivity (Wildman–Crippen MR) is 62.2 cm³/mol. The highest BCUT2D eigenvalue weighted by molar-refractivity contribution is 5.76. The lowest BCUT2D eigenvalue weighted by atomic mass is 9.99. The molecule has 2 unspecified atom stereocenters. The third-order valence-electron chi connectivity index (χ3n) is 3.91. The molecule has 0 spiro atoms. The second-order valence-electron chi connectivity index (χ2n) is 4.87. The molecule has 2 aliphatic rings. The van der Waals surface area contributed by atoms with Gasteiger partial charge in [0, 0.05) is 19.6 Å². The number of nitrogens with zero attached hydrogens (tertiary/aromatic N) is 2. The molecule has 2 fully saturated rings. The quantitative estimate of drug-likeness (QED) is 0.656. The molecule has 0 aromatic rings. The summed E-state index contributed by atoms with van der Waals surface area (Å²) in [4.78, 5) is 16.2. The molecule has 16 heavy (non-hydrogen) atoms. The maximum Gasteiger partial charge on any atom is 0.323 e. The van der Waals surface area contributed by atoms with E-state index in [4.69, 9.17) is 4.74 Å². The van der Waals surface area contributed by atoms with E-state index in [1.165, 1.54) is 26.6 Å². The number of likely N-dealkylation sites (tertiary alicyclic amines) is 2. The van der Waals surface area contributed by atoms with E-state index in [1.54, 1.807) is 0 Å². The molecule has 0 aromatic heterocycles. The van der Waals surface area contributed by atoms with Gasteiger partial charge in [-0.25, -0.2) is 0 Å². The fourth-order valence-electron chi connectivity index (χ4n) is 2.74. The van der Waals surface area contributed by atoms with Crippen molar-refractivity contribution in [1.82, 2.24) is 9.80 Å². The van der Waals surface area contributed by atoms with E-state index in [0.717, 1.165) is 32.0 Å². The van der Waals surface area contributed by atoms with Gasteiger partial charge in [-0.05, 0) is 31.8 Å². The van der Waals surface area contributed by atoms with E-state index in [-0.39, 0.29) is 12.0 Å². The number of hydrogen-bond acceptors (Lipinski definition) is 4. The van der Waals surface area contributed by atoms with Gasteiger partial charge < -0.3 is 9.64 Å². The van der Waals surface area contributed by atoms with E-state index in [1.807, 2.05) is 0 Å². The van der Waals surface area contributed by atoms with E-state index in [0.29, 0.717) is 0 Å². The van der Waals surface area contributed by atoms with Crippen LogP contribution in [0.3, 0.4) is 0 Å². The number of carbonyl (C=O) groups excluding carboxylic acids is 1. The Balaban J connectivity index is 1.76. The number of carbonyl (C=O) groups is 1. The van der Waals surface area contributed by atoms with Gasteiger partial charge >= 0.3 is 5.97 Å². The van der Waals surface area contributed by atoms with E-state index in [2.05, 4.69) is 16.7 Å². The first-order valence-corrected chi connectivity index (χ1v) is 6.28. The van der Waals surface area contributed by atoms with Gasteiger partial charge in [0.15, 0.2) is 0 Å². The van der Waals surface area contributed by atoms with E-state index in [9.17, 15) is 4.79 Å². The Labute approximate surface area is 97.5 Å². The van der Waals surface area contributed by atoms with Gasteiger partial charge in [-0.2, -0.15) is 0 Å². The van der Waals surface area contributed by atoms with Crippen LogP contribution in [0.25, 0.3) is 0 Å². The molecule has 0 saturated carbocycles. The molecule has 4 nitrogen and oxygen atoms in total. The average molecular weight is 226 g/mol. The van der Waals surface area contributed by atoms with Gasteiger partial charge in [0.1, 0.15) is 6.04 Å². The summed E-state index contributed by atoms with van der Waals surface area (Å²) in [5.74, 6) is 0.684. The molecule has 4 heteroatoms. The van der Waals surface area contributed by atoms with Crippen molar-refractivity contribution in [1.29, 1.82) is 0 Å². The summed E-state index contributed by atoms with van der Waals surface area (Å²) in [5.41, 5.74) is 0. The molecular weight excluding hydrogens is 204 g/mol. The van der Waals surface area contributed by atoms with Crippen LogP contribution in [-0.4, -0.2) is 61.6 Å². The molecule has 0 radical (unpaired) electrons. The Morgan fingerprint density at radius 1 is 1.38 bits per heavy atom. The average Bonchev–Trinajstić information content (AvgIpc) is 2.72. The molecule has 2 aliphatic heterocycles. The first-order chi connectivity index (χ1) is 7.74. The highest BCUT2D eigenvalue weighted by Gasteiger charge is 2.37. The van der Waals surface area contributed by atoms with Crippen LogP contribution in [-0.2, 0) is 9.53 Å². The minimum Gasteiger partial charge on any atom is -0.468 e. The molecule has 0 aliphatic carbocycles. The normalized spacial score (nSPS) is 31.4. The topological polar surface area (TPSA) is 32.8 Å². The molecule has 2 atom stereocenters. The van der Waals surface area contributed by atoms with Crippen LogP contribution >= 0.6 is 0 Å². The molecular formula is C12H22N2O2. The molecule has 2 saturated heterocycles. The second-order valence-corrected chi connectivity index (χ2v) is 4.87. The summed E-state index contributed by atoms with van der Waals surface area (Å²) in [5, 5.41) is 0. The molecule has 92 valence electrons. The van der Waals surface area contributed by atoms with Crippen molar-refractivity contribution in [2.24, 2.45) is 5.92 Å². The first kappa shape index (κ1) is 11.9. The SMILES string of the molecule is CCN1CCC(CN2CCC2C(=O)OC)C1. The van der Waals surface area contributed by atoms with Gasteiger partial charge in [0.25, 0.3) is 0 Å².